The number of rotatable bonds is 4. The number of aromatic nitrogens is 3. The molecule has 0 radical (unpaired) electrons. The number of amides is 1. The second-order valence-corrected chi connectivity index (χ2v) is 6.62. The third kappa shape index (κ3) is 2.97. The second kappa shape index (κ2) is 6.05. The van der Waals surface area contributed by atoms with E-state index in [0.29, 0.717) is 29.1 Å². The van der Waals surface area contributed by atoms with Crippen LogP contribution in [0.25, 0.3) is 11.0 Å². The number of hydrogen-bond donors (Lipinski definition) is 1. The van der Waals surface area contributed by atoms with Crippen molar-refractivity contribution in [2.24, 2.45) is 0 Å². The summed E-state index contributed by atoms with van der Waals surface area (Å²) in [4.78, 5) is 25.5. The van der Waals surface area contributed by atoms with Crippen LogP contribution in [0.1, 0.15) is 16.3 Å². The number of hydrogen-bond acceptors (Lipinski definition) is 5. The molecule has 1 aromatic carbocycles. The quantitative estimate of drug-likeness (QED) is 0.744. The van der Waals surface area contributed by atoms with Crippen molar-refractivity contribution in [1.29, 1.82) is 0 Å². The van der Waals surface area contributed by atoms with Gasteiger partial charge in [0.2, 0.25) is 0 Å². The summed E-state index contributed by atoms with van der Waals surface area (Å²) in [6.45, 7) is 0.307. The lowest BCUT2D eigenvalue weighted by molar-refractivity contribution is 0.0776. The Hall–Kier alpha value is -1.93. The van der Waals surface area contributed by atoms with Crippen LogP contribution in [0.5, 0.6) is 0 Å². The van der Waals surface area contributed by atoms with E-state index in [0.717, 1.165) is 4.34 Å². The number of fused-ring (bicyclic) bond motifs is 1. The maximum absolute atomic E-state index is 13.2. The molecule has 1 N–H and O–H groups in total. The number of nitrogens with zero attached hydrogens (tertiary/aromatic N) is 3. The van der Waals surface area contributed by atoms with Crippen LogP contribution in [-0.2, 0) is 6.54 Å². The van der Waals surface area contributed by atoms with Crippen molar-refractivity contribution in [3.8, 4) is 0 Å². The van der Waals surface area contributed by atoms with Crippen molar-refractivity contribution in [2.45, 2.75) is 10.9 Å². The van der Waals surface area contributed by atoms with Gasteiger partial charge in [-0.05, 0) is 24.5 Å². The number of carbonyl (C=O) groups is 1. The summed E-state index contributed by atoms with van der Waals surface area (Å²) < 4.78 is 14.0. The molecule has 0 fully saturated rings. The lowest BCUT2D eigenvalue weighted by Crippen LogP contribution is -2.27. The number of aromatic amines is 1. The van der Waals surface area contributed by atoms with Gasteiger partial charge in [0.15, 0.2) is 0 Å². The first-order valence-electron chi connectivity index (χ1n) is 6.46. The highest BCUT2D eigenvalue weighted by molar-refractivity contribution is 8.00. The predicted molar refractivity (Wildman–Crippen MR) is 85.7 cm³/mol. The van der Waals surface area contributed by atoms with Gasteiger partial charge in [-0.25, -0.2) is 14.4 Å². The van der Waals surface area contributed by atoms with Crippen LogP contribution >= 0.6 is 23.1 Å². The van der Waals surface area contributed by atoms with Crippen molar-refractivity contribution in [3.05, 3.63) is 40.9 Å². The van der Waals surface area contributed by atoms with E-state index in [1.165, 1.54) is 40.1 Å². The van der Waals surface area contributed by atoms with Gasteiger partial charge in [-0.15, -0.1) is 11.3 Å². The van der Waals surface area contributed by atoms with E-state index in [2.05, 4.69) is 15.0 Å². The maximum Gasteiger partial charge on any atom is 0.273 e. The van der Waals surface area contributed by atoms with Gasteiger partial charge >= 0.3 is 0 Å². The van der Waals surface area contributed by atoms with E-state index in [1.54, 1.807) is 18.5 Å². The first kappa shape index (κ1) is 15.0. The van der Waals surface area contributed by atoms with E-state index in [1.807, 2.05) is 6.26 Å². The van der Waals surface area contributed by atoms with Gasteiger partial charge in [0.1, 0.15) is 21.7 Å². The summed E-state index contributed by atoms with van der Waals surface area (Å²) in [5.74, 6) is 0.124. The monoisotopic (exact) mass is 336 g/mol. The summed E-state index contributed by atoms with van der Waals surface area (Å²) in [5.41, 5.74) is 1.73. The van der Waals surface area contributed by atoms with Gasteiger partial charge in [0.05, 0.1) is 17.6 Å². The number of carbonyl (C=O) groups excluding carboxylic acids is 1. The Morgan fingerprint density at radius 3 is 3.00 bits per heavy atom. The molecule has 8 heteroatoms. The zero-order valence-electron chi connectivity index (χ0n) is 12.0. The van der Waals surface area contributed by atoms with E-state index in [4.69, 9.17) is 0 Å². The summed E-state index contributed by atoms with van der Waals surface area (Å²) in [6.07, 6.45) is 1.92. The molecule has 1 amide bonds. The minimum Gasteiger partial charge on any atom is -0.340 e. The van der Waals surface area contributed by atoms with Crippen molar-refractivity contribution < 1.29 is 9.18 Å². The molecule has 114 valence electrons. The number of imidazole rings is 1. The van der Waals surface area contributed by atoms with Crippen LogP contribution < -0.4 is 0 Å². The Kier molecular flexibility index (Phi) is 4.12. The smallest absolute Gasteiger partial charge is 0.273 e. The topological polar surface area (TPSA) is 61.9 Å². The molecule has 2 aromatic heterocycles. The third-order valence-corrected chi connectivity index (χ3v) is 4.97. The van der Waals surface area contributed by atoms with Crippen molar-refractivity contribution in [3.63, 3.8) is 0 Å². The highest BCUT2D eigenvalue weighted by Gasteiger charge is 2.17. The van der Waals surface area contributed by atoms with Gasteiger partial charge < -0.3 is 9.88 Å². The molecule has 3 rings (SSSR count). The molecule has 0 aliphatic carbocycles. The number of thiazole rings is 1. The standard InChI is InChI=1S/C14H13FN4OS2/c1-19(13(20)11-7-22-14(18-11)21-2)6-12-16-9-4-3-8(15)5-10(9)17-12/h3-5,7H,6H2,1-2H3,(H,16,17). The van der Waals surface area contributed by atoms with Crippen LogP contribution in [0.3, 0.4) is 0 Å². The molecule has 0 aliphatic rings. The molecule has 2 heterocycles. The van der Waals surface area contributed by atoms with Crippen LogP contribution in [0.2, 0.25) is 0 Å². The van der Waals surface area contributed by atoms with Crippen molar-refractivity contribution in [1.82, 2.24) is 19.9 Å². The molecule has 0 saturated carbocycles. The normalized spacial score (nSPS) is 11.0. The molecular formula is C14H13FN4OS2. The third-order valence-electron chi connectivity index (χ3n) is 3.10. The van der Waals surface area contributed by atoms with Crippen LogP contribution in [0.4, 0.5) is 4.39 Å². The second-order valence-electron chi connectivity index (χ2n) is 4.71. The average molecular weight is 336 g/mol. The lowest BCUT2D eigenvalue weighted by Gasteiger charge is -2.13. The molecule has 5 nitrogen and oxygen atoms in total. The van der Waals surface area contributed by atoms with Crippen LogP contribution in [-0.4, -0.2) is 39.1 Å². The Bertz CT molecular complexity index is 829. The molecule has 22 heavy (non-hydrogen) atoms. The molecule has 0 atom stereocenters. The number of benzene rings is 1. The number of thioether (sulfide) groups is 1. The maximum atomic E-state index is 13.2. The summed E-state index contributed by atoms with van der Waals surface area (Å²) in [7, 11) is 1.69. The number of H-pyrrole nitrogens is 1. The highest BCUT2D eigenvalue weighted by atomic mass is 32.2. The van der Waals surface area contributed by atoms with Gasteiger partial charge in [0, 0.05) is 12.4 Å². The summed E-state index contributed by atoms with van der Waals surface area (Å²) >= 11 is 2.96. The summed E-state index contributed by atoms with van der Waals surface area (Å²) in [5, 5.41) is 1.75. The SMILES string of the molecule is CSc1nc(C(=O)N(C)Cc2nc3ccc(F)cc3[nH]2)cs1. The van der Waals surface area contributed by atoms with Gasteiger partial charge in [-0.2, -0.15) is 0 Å². The fraction of sp³-hybridized carbons (Fsp3) is 0.214. The fourth-order valence-electron chi connectivity index (χ4n) is 2.05. The zero-order chi connectivity index (χ0) is 15.7. The highest BCUT2D eigenvalue weighted by Crippen LogP contribution is 2.21. The van der Waals surface area contributed by atoms with Gasteiger partial charge in [-0.1, -0.05) is 11.8 Å². The Morgan fingerprint density at radius 2 is 2.27 bits per heavy atom. The fourth-order valence-corrected chi connectivity index (χ4v) is 3.29. The van der Waals surface area contributed by atoms with E-state index in [9.17, 15) is 9.18 Å². The molecular weight excluding hydrogens is 323 g/mol. The predicted octanol–water partition coefficient (Wildman–Crippen LogP) is 3.15. The van der Waals surface area contributed by atoms with Crippen molar-refractivity contribution >= 4 is 40.0 Å². The number of halogens is 1. The lowest BCUT2D eigenvalue weighted by atomic mass is 10.3. The average Bonchev–Trinajstić information content (AvgIpc) is 3.11. The minimum atomic E-state index is -0.320. The molecule has 3 aromatic rings. The van der Waals surface area contributed by atoms with E-state index < -0.39 is 0 Å². The Labute approximate surface area is 134 Å². The van der Waals surface area contributed by atoms with Crippen molar-refractivity contribution in [2.75, 3.05) is 13.3 Å². The molecule has 0 aliphatic heterocycles. The van der Waals surface area contributed by atoms with Gasteiger partial charge in [-0.3, -0.25) is 4.79 Å². The molecule has 0 unspecified atom stereocenters. The Balaban J connectivity index is 1.77. The zero-order valence-corrected chi connectivity index (χ0v) is 13.6. The first-order valence-corrected chi connectivity index (χ1v) is 8.56. The minimum absolute atomic E-state index is 0.164. The van der Waals surface area contributed by atoms with Crippen LogP contribution in [0, 0.1) is 5.82 Å². The first-order chi connectivity index (χ1) is 10.6. The molecule has 0 saturated heterocycles. The van der Waals surface area contributed by atoms with E-state index in [-0.39, 0.29) is 11.7 Å². The summed E-state index contributed by atoms with van der Waals surface area (Å²) in [6, 6.07) is 4.36. The van der Waals surface area contributed by atoms with E-state index >= 15 is 0 Å². The van der Waals surface area contributed by atoms with Crippen LogP contribution in [0.15, 0.2) is 27.9 Å². The molecule has 0 spiro atoms. The van der Waals surface area contributed by atoms with Gasteiger partial charge in [0.25, 0.3) is 5.91 Å². The number of nitrogens with one attached hydrogen (secondary N) is 1. The molecule has 0 bridgehead atoms. The Morgan fingerprint density at radius 1 is 1.45 bits per heavy atom. The largest absolute Gasteiger partial charge is 0.340 e.